The predicted molar refractivity (Wildman–Crippen MR) is 46.7 cm³/mol. The topological polar surface area (TPSA) is 46.5 Å². The molecule has 0 saturated carbocycles. The lowest BCUT2D eigenvalue weighted by Crippen LogP contribution is -2.39. The Morgan fingerprint density at radius 3 is 2.00 bits per heavy atom. The van der Waals surface area contributed by atoms with Crippen molar-refractivity contribution in [1.29, 1.82) is 0 Å². The molecule has 1 unspecified atom stereocenters. The summed E-state index contributed by atoms with van der Waals surface area (Å²) in [4.78, 5) is 11.0. The molecule has 0 fully saturated rings. The van der Waals surface area contributed by atoms with Crippen LogP contribution in [0.3, 0.4) is 0 Å². The number of hydrogen-bond donors (Lipinski definition) is 1. The van der Waals surface area contributed by atoms with Crippen LogP contribution in [-0.4, -0.2) is 23.8 Å². The Hall–Kier alpha value is -0.570. The number of carbonyl (C=O) groups is 1. The lowest BCUT2D eigenvalue weighted by molar-refractivity contribution is -0.163. The van der Waals surface area contributed by atoms with Gasteiger partial charge in [0, 0.05) is 0 Å². The Bertz CT molecular complexity index is 165. The van der Waals surface area contributed by atoms with Crippen LogP contribution in [0.4, 0.5) is 0 Å². The molecule has 3 heteroatoms. The molecule has 0 aromatic carbocycles. The SMILES string of the molecule is COC(=O)C(C)(O)CC(C)(C)C. The Morgan fingerprint density at radius 1 is 1.33 bits per heavy atom. The van der Waals surface area contributed by atoms with E-state index in [-0.39, 0.29) is 5.41 Å². The molecule has 0 spiro atoms. The van der Waals surface area contributed by atoms with Gasteiger partial charge in [-0.2, -0.15) is 0 Å². The zero-order valence-corrected chi connectivity index (χ0v) is 8.47. The number of esters is 1. The largest absolute Gasteiger partial charge is 0.467 e. The van der Waals surface area contributed by atoms with Crippen LogP contribution in [0.2, 0.25) is 0 Å². The van der Waals surface area contributed by atoms with Crippen molar-refractivity contribution in [3.8, 4) is 0 Å². The van der Waals surface area contributed by atoms with Crippen molar-refractivity contribution < 1.29 is 14.6 Å². The third-order valence-corrected chi connectivity index (χ3v) is 1.50. The molecular weight excluding hydrogens is 156 g/mol. The van der Waals surface area contributed by atoms with Crippen LogP contribution in [0.5, 0.6) is 0 Å². The summed E-state index contributed by atoms with van der Waals surface area (Å²) in [5.41, 5.74) is -1.45. The van der Waals surface area contributed by atoms with Crippen LogP contribution in [0, 0.1) is 5.41 Å². The van der Waals surface area contributed by atoms with Gasteiger partial charge in [0.15, 0.2) is 5.60 Å². The second-order valence-electron chi connectivity index (χ2n) is 4.50. The van der Waals surface area contributed by atoms with Crippen LogP contribution in [0.25, 0.3) is 0 Å². The van der Waals surface area contributed by atoms with Crippen LogP contribution < -0.4 is 0 Å². The van der Waals surface area contributed by atoms with Gasteiger partial charge in [-0.05, 0) is 18.8 Å². The van der Waals surface area contributed by atoms with Crippen molar-refractivity contribution in [2.24, 2.45) is 5.41 Å². The zero-order valence-electron chi connectivity index (χ0n) is 8.47. The van der Waals surface area contributed by atoms with Crippen molar-refractivity contribution in [2.75, 3.05) is 7.11 Å². The Balaban J connectivity index is 4.32. The monoisotopic (exact) mass is 174 g/mol. The third-order valence-electron chi connectivity index (χ3n) is 1.50. The molecule has 0 radical (unpaired) electrons. The average molecular weight is 174 g/mol. The van der Waals surface area contributed by atoms with Gasteiger partial charge in [-0.15, -0.1) is 0 Å². The molecular formula is C9H18O3. The summed E-state index contributed by atoms with van der Waals surface area (Å²) in [5, 5.41) is 9.64. The maximum atomic E-state index is 11.0. The van der Waals surface area contributed by atoms with E-state index >= 15 is 0 Å². The summed E-state index contributed by atoms with van der Waals surface area (Å²) >= 11 is 0. The fourth-order valence-electron chi connectivity index (χ4n) is 1.32. The standard InChI is InChI=1S/C9H18O3/c1-8(2,3)6-9(4,11)7(10)12-5/h11H,6H2,1-5H3. The highest BCUT2D eigenvalue weighted by Gasteiger charge is 2.35. The van der Waals surface area contributed by atoms with Crippen LogP contribution >= 0.6 is 0 Å². The molecule has 0 aromatic rings. The Kier molecular flexibility index (Phi) is 3.27. The minimum absolute atomic E-state index is 0.0856. The van der Waals surface area contributed by atoms with E-state index in [0.717, 1.165) is 0 Å². The summed E-state index contributed by atoms with van der Waals surface area (Å²) in [6.45, 7) is 7.36. The molecule has 12 heavy (non-hydrogen) atoms. The van der Waals surface area contributed by atoms with Gasteiger partial charge >= 0.3 is 5.97 Å². The van der Waals surface area contributed by atoms with E-state index < -0.39 is 11.6 Å². The van der Waals surface area contributed by atoms with Crippen LogP contribution in [0.1, 0.15) is 34.1 Å². The van der Waals surface area contributed by atoms with E-state index in [1.807, 2.05) is 20.8 Å². The molecule has 1 atom stereocenters. The van der Waals surface area contributed by atoms with Crippen LogP contribution in [0.15, 0.2) is 0 Å². The number of methoxy groups -OCH3 is 1. The molecule has 1 N–H and O–H groups in total. The quantitative estimate of drug-likeness (QED) is 0.643. The third kappa shape index (κ3) is 3.72. The molecule has 0 heterocycles. The van der Waals surface area contributed by atoms with E-state index in [2.05, 4.69) is 4.74 Å². The summed E-state index contributed by atoms with van der Waals surface area (Å²) < 4.78 is 4.47. The highest BCUT2D eigenvalue weighted by atomic mass is 16.5. The van der Waals surface area contributed by atoms with Gasteiger partial charge in [-0.3, -0.25) is 0 Å². The second kappa shape index (κ2) is 3.44. The highest BCUT2D eigenvalue weighted by molar-refractivity contribution is 5.78. The summed E-state index contributed by atoms with van der Waals surface area (Å²) in [6.07, 6.45) is 0.396. The number of hydrogen-bond acceptors (Lipinski definition) is 3. The molecule has 72 valence electrons. The number of carbonyl (C=O) groups excluding carboxylic acids is 1. The smallest absolute Gasteiger partial charge is 0.337 e. The van der Waals surface area contributed by atoms with Gasteiger partial charge in [0.05, 0.1) is 7.11 Å². The van der Waals surface area contributed by atoms with Crippen molar-refractivity contribution in [3.05, 3.63) is 0 Å². The molecule has 0 aliphatic rings. The second-order valence-corrected chi connectivity index (χ2v) is 4.50. The molecule has 0 saturated heterocycles. The molecule has 0 amide bonds. The molecule has 0 bridgehead atoms. The van der Waals surface area contributed by atoms with E-state index in [4.69, 9.17) is 0 Å². The summed E-state index contributed by atoms with van der Waals surface area (Å²) in [6, 6.07) is 0. The van der Waals surface area contributed by atoms with Gasteiger partial charge in [-0.25, -0.2) is 4.79 Å². The average Bonchev–Trinajstić information content (AvgIpc) is 1.80. The highest BCUT2D eigenvalue weighted by Crippen LogP contribution is 2.27. The number of aliphatic hydroxyl groups is 1. The van der Waals surface area contributed by atoms with E-state index in [9.17, 15) is 9.90 Å². The predicted octanol–water partition coefficient (Wildman–Crippen LogP) is 1.35. The lowest BCUT2D eigenvalue weighted by Gasteiger charge is -2.28. The minimum Gasteiger partial charge on any atom is -0.467 e. The van der Waals surface area contributed by atoms with Crippen molar-refractivity contribution in [3.63, 3.8) is 0 Å². The van der Waals surface area contributed by atoms with Crippen molar-refractivity contribution >= 4 is 5.97 Å². The fraction of sp³-hybridized carbons (Fsp3) is 0.889. The first-order valence-corrected chi connectivity index (χ1v) is 4.00. The van der Waals surface area contributed by atoms with Gasteiger partial charge in [0.1, 0.15) is 0 Å². The normalized spacial score (nSPS) is 16.8. The summed E-state index contributed by atoms with van der Waals surface area (Å²) in [7, 11) is 1.28. The first kappa shape index (κ1) is 11.4. The fourth-order valence-corrected chi connectivity index (χ4v) is 1.32. The first-order valence-electron chi connectivity index (χ1n) is 4.00. The molecule has 0 aliphatic carbocycles. The van der Waals surface area contributed by atoms with Gasteiger partial charge in [0.2, 0.25) is 0 Å². The maximum absolute atomic E-state index is 11.0. The van der Waals surface area contributed by atoms with E-state index in [1.165, 1.54) is 14.0 Å². The molecule has 0 aromatic heterocycles. The van der Waals surface area contributed by atoms with Gasteiger partial charge in [-0.1, -0.05) is 20.8 Å². The van der Waals surface area contributed by atoms with Crippen molar-refractivity contribution in [2.45, 2.75) is 39.7 Å². The van der Waals surface area contributed by atoms with Gasteiger partial charge < -0.3 is 9.84 Å². The maximum Gasteiger partial charge on any atom is 0.337 e. The van der Waals surface area contributed by atoms with Crippen LogP contribution in [-0.2, 0) is 9.53 Å². The van der Waals surface area contributed by atoms with E-state index in [1.54, 1.807) is 0 Å². The van der Waals surface area contributed by atoms with Gasteiger partial charge in [0.25, 0.3) is 0 Å². The molecule has 3 nitrogen and oxygen atoms in total. The number of rotatable bonds is 2. The molecule has 0 rings (SSSR count). The Labute approximate surface area is 73.7 Å². The molecule has 0 aliphatic heterocycles. The number of ether oxygens (including phenoxy) is 1. The van der Waals surface area contributed by atoms with Crippen molar-refractivity contribution in [1.82, 2.24) is 0 Å². The minimum atomic E-state index is -1.37. The Morgan fingerprint density at radius 2 is 1.75 bits per heavy atom. The van der Waals surface area contributed by atoms with E-state index in [0.29, 0.717) is 6.42 Å². The zero-order chi connectivity index (χ0) is 9.99. The first-order chi connectivity index (χ1) is 5.19. The summed E-state index contributed by atoms with van der Waals surface area (Å²) in [5.74, 6) is -0.572. The lowest BCUT2D eigenvalue weighted by atomic mass is 9.83.